The summed E-state index contributed by atoms with van der Waals surface area (Å²) in [6, 6.07) is 3.40. The molecule has 0 bridgehead atoms. The molecule has 1 saturated heterocycles. The van der Waals surface area contributed by atoms with E-state index in [1.54, 1.807) is 29.8 Å². The predicted molar refractivity (Wildman–Crippen MR) is 66.4 cm³/mol. The van der Waals surface area contributed by atoms with Crippen molar-refractivity contribution in [2.24, 2.45) is 0 Å². The third-order valence-electron chi connectivity index (χ3n) is 3.25. The van der Waals surface area contributed by atoms with Crippen LogP contribution in [0.4, 0.5) is 0 Å². The lowest BCUT2D eigenvalue weighted by Crippen LogP contribution is -2.40. The average Bonchev–Trinajstić information content (AvgIpc) is 2.28. The number of rotatable bonds is 5. The molecule has 0 atom stereocenters. The van der Waals surface area contributed by atoms with E-state index in [1.165, 1.54) is 6.42 Å². The van der Waals surface area contributed by atoms with Crippen LogP contribution in [0.15, 0.2) is 23.1 Å². The van der Waals surface area contributed by atoms with Crippen LogP contribution in [0.3, 0.4) is 0 Å². The van der Waals surface area contributed by atoms with Crippen LogP contribution in [0.2, 0.25) is 0 Å². The number of pyridine rings is 1. The molecule has 1 aliphatic heterocycles. The van der Waals surface area contributed by atoms with Gasteiger partial charge in [-0.3, -0.25) is 9.59 Å². The average molecular weight is 234 g/mol. The fourth-order valence-corrected chi connectivity index (χ4v) is 1.97. The van der Waals surface area contributed by atoms with E-state index in [-0.39, 0.29) is 11.3 Å². The Balaban J connectivity index is 2.11. The second kappa shape index (κ2) is 5.27. The molecule has 4 heteroatoms. The van der Waals surface area contributed by atoms with Crippen LogP contribution in [0, 0.1) is 0 Å². The van der Waals surface area contributed by atoms with Crippen molar-refractivity contribution in [1.29, 1.82) is 0 Å². The van der Waals surface area contributed by atoms with E-state index in [2.05, 4.69) is 4.90 Å². The van der Waals surface area contributed by atoms with Crippen molar-refractivity contribution >= 4 is 5.78 Å². The van der Waals surface area contributed by atoms with Crippen molar-refractivity contribution in [3.8, 4) is 0 Å². The lowest BCUT2D eigenvalue weighted by molar-refractivity contribution is 0.0986. The lowest BCUT2D eigenvalue weighted by atomic mass is 10.1. The maximum absolute atomic E-state index is 12.0. The standard InChI is InChI=1S/C13H18N2O2/c1-2-12(16)11-5-3-8-15(13(11)17)10-9-14-6-4-7-14/h3,5,8H,2,4,6-7,9-10H2,1H3. The molecule has 2 heterocycles. The molecule has 0 amide bonds. The Morgan fingerprint density at radius 2 is 2.12 bits per heavy atom. The Morgan fingerprint density at radius 1 is 1.35 bits per heavy atom. The molecule has 2 rings (SSSR count). The van der Waals surface area contributed by atoms with Gasteiger partial charge >= 0.3 is 0 Å². The van der Waals surface area contributed by atoms with E-state index in [0.29, 0.717) is 18.5 Å². The number of nitrogens with zero attached hydrogens (tertiary/aromatic N) is 2. The molecule has 0 spiro atoms. The highest BCUT2D eigenvalue weighted by molar-refractivity contribution is 5.95. The van der Waals surface area contributed by atoms with Gasteiger partial charge in [0.15, 0.2) is 5.78 Å². The van der Waals surface area contributed by atoms with Gasteiger partial charge < -0.3 is 9.47 Å². The zero-order chi connectivity index (χ0) is 12.3. The summed E-state index contributed by atoms with van der Waals surface area (Å²) in [6.45, 7) is 5.59. The zero-order valence-corrected chi connectivity index (χ0v) is 10.2. The van der Waals surface area contributed by atoms with Crippen molar-refractivity contribution in [1.82, 2.24) is 9.47 Å². The number of Topliss-reactive ketones (excluding diaryl/α,β-unsaturated/α-hetero) is 1. The summed E-state index contributed by atoms with van der Waals surface area (Å²) in [5.74, 6) is -0.0756. The molecule has 0 aliphatic carbocycles. The number of carbonyl (C=O) groups is 1. The monoisotopic (exact) mass is 234 g/mol. The summed E-state index contributed by atoms with van der Waals surface area (Å²) in [6.07, 6.45) is 3.39. The van der Waals surface area contributed by atoms with Gasteiger partial charge in [-0.1, -0.05) is 6.92 Å². The summed E-state index contributed by atoms with van der Waals surface area (Å²) >= 11 is 0. The molecule has 0 aromatic carbocycles. The number of hydrogen-bond donors (Lipinski definition) is 0. The smallest absolute Gasteiger partial charge is 0.261 e. The first-order chi connectivity index (χ1) is 8.22. The van der Waals surface area contributed by atoms with Gasteiger partial charge in [0.2, 0.25) is 0 Å². The molecule has 0 saturated carbocycles. The summed E-state index contributed by atoms with van der Waals surface area (Å²) in [7, 11) is 0. The summed E-state index contributed by atoms with van der Waals surface area (Å²) in [5, 5.41) is 0. The van der Waals surface area contributed by atoms with Crippen molar-refractivity contribution in [3.05, 3.63) is 34.2 Å². The summed E-state index contributed by atoms with van der Waals surface area (Å²) < 4.78 is 1.64. The molecule has 0 unspecified atom stereocenters. The summed E-state index contributed by atoms with van der Waals surface area (Å²) in [5.41, 5.74) is 0.165. The van der Waals surface area contributed by atoms with Gasteiger partial charge in [0.1, 0.15) is 0 Å². The number of carbonyl (C=O) groups excluding carboxylic acids is 1. The normalized spacial score (nSPS) is 15.6. The molecule has 1 aromatic rings. The fraction of sp³-hybridized carbons (Fsp3) is 0.538. The zero-order valence-electron chi connectivity index (χ0n) is 10.2. The van der Waals surface area contributed by atoms with Crippen LogP contribution < -0.4 is 5.56 Å². The molecule has 4 nitrogen and oxygen atoms in total. The van der Waals surface area contributed by atoms with E-state index in [1.807, 2.05) is 0 Å². The Labute approximate surface area is 101 Å². The predicted octanol–water partition coefficient (Wildman–Crippen LogP) is 1.15. The maximum Gasteiger partial charge on any atom is 0.261 e. The van der Waals surface area contributed by atoms with Gasteiger partial charge in [0.25, 0.3) is 5.56 Å². The van der Waals surface area contributed by atoms with Gasteiger partial charge in [-0.2, -0.15) is 0 Å². The molecule has 1 aliphatic rings. The van der Waals surface area contributed by atoms with Gasteiger partial charge in [-0.05, 0) is 31.6 Å². The Hall–Kier alpha value is -1.42. The number of likely N-dealkylation sites (tertiary alicyclic amines) is 1. The van der Waals surface area contributed by atoms with Crippen LogP contribution in [0.1, 0.15) is 30.1 Å². The second-order valence-electron chi connectivity index (χ2n) is 4.39. The SMILES string of the molecule is CCC(=O)c1cccn(CCN2CCC2)c1=O. The molecule has 17 heavy (non-hydrogen) atoms. The molecule has 92 valence electrons. The van der Waals surface area contributed by atoms with Crippen LogP contribution in [0.5, 0.6) is 0 Å². The first kappa shape index (κ1) is 12.0. The van der Waals surface area contributed by atoms with E-state index < -0.39 is 0 Å². The number of ketones is 1. The minimum atomic E-state index is -0.153. The third kappa shape index (κ3) is 2.64. The van der Waals surface area contributed by atoms with Crippen molar-refractivity contribution < 1.29 is 4.79 Å². The number of hydrogen-bond acceptors (Lipinski definition) is 3. The molecule has 0 N–H and O–H groups in total. The second-order valence-corrected chi connectivity index (χ2v) is 4.39. The topological polar surface area (TPSA) is 42.3 Å². The van der Waals surface area contributed by atoms with Crippen LogP contribution in [0.25, 0.3) is 0 Å². The van der Waals surface area contributed by atoms with Crippen molar-refractivity contribution in [2.45, 2.75) is 26.3 Å². The van der Waals surface area contributed by atoms with Crippen molar-refractivity contribution in [3.63, 3.8) is 0 Å². The highest BCUT2D eigenvalue weighted by Gasteiger charge is 2.14. The Bertz CT molecular complexity index is 461. The highest BCUT2D eigenvalue weighted by Crippen LogP contribution is 2.05. The largest absolute Gasteiger partial charge is 0.314 e. The molecule has 1 fully saturated rings. The van der Waals surface area contributed by atoms with Crippen LogP contribution in [-0.2, 0) is 6.54 Å². The van der Waals surface area contributed by atoms with E-state index >= 15 is 0 Å². The maximum atomic E-state index is 12.0. The molecular weight excluding hydrogens is 216 g/mol. The molecule has 0 radical (unpaired) electrons. The van der Waals surface area contributed by atoms with E-state index in [0.717, 1.165) is 19.6 Å². The molecule has 1 aromatic heterocycles. The van der Waals surface area contributed by atoms with Gasteiger partial charge in [0.05, 0.1) is 5.56 Å². The fourth-order valence-electron chi connectivity index (χ4n) is 1.97. The van der Waals surface area contributed by atoms with Crippen molar-refractivity contribution in [2.75, 3.05) is 19.6 Å². The Morgan fingerprint density at radius 3 is 2.71 bits per heavy atom. The van der Waals surface area contributed by atoms with Gasteiger partial charge in [-0.15, -0.1) is 0 Å². The van der Waals surface area contributed by atoms with E-state index in [4.69, 9.17) is 0 Å². The van der Waals surface area contributed by atoms with Crippen LogP contribution >= 0.6 is 0 Å². The Kier molecular flexibility index (Phi) is 3.74. The number of aromatic nitrogens is 1. The lowest BCUT2D eigenvalue weighted by Gasteiger charge is -2.30. The minimum absolute atomic E-state index is 0.0756. The van der Waals surface area contributed by atoms with E-state index in [9.17, 15) is 9.59 Å². The van der Waals surface area contributed by atoms with Gasteiger partial charge in [0, 0.05) is 25.7 Å². The first-order valence-electron chi connectivity index (χ1n) is 6.17. The minimum Gasteiger partial charge on any atom is -0.314 e. The third-order valence-corrected chi connectivity index (χ3v) is 3.25. The van der Waals surface area contributed by atoms with Gasteiger partial charge in [-0.25, -0.2) is 0 Å². The molecular formula is C13H18N2O2. The quantitative estimate of drug-likeness (QED) is 0.718. The van der Waals surface area contributed by atoms with Crippen LogP contribution in [-0.4, -0.2) is 34.9 Å². The first-order valence-corrected chi connectivity index (χ1v) is 6.17. The highest BCUT2D eigenvalue weighted by atomic mass is 16.1. The summed E-state index contributed by atoms with van der Waals surface area (Å²) in [4.78, 5) is 25.9.